The standard InChI is InChI=1S/C13H27N/c1-4-12-6-5-7-13(8-12)10-14-9-11(2)3/h11-14H,4-10H2,1-3H3/t12-,13+/m0/s1. The van der Waals surface area contributed by atoms with Crippen molar-refractivity contribution >= 4 is 0 Å². The molecule has 0 radical (unpaired) electrons. The predicted molar refractivity (Wildman–Crippen MR) is 63.4 cm³/mol. The first-order chi connectivity index (χ1) is 6.72. The van der Waals surface area contributed by atoms with Crippen molar-refractivity contribution in [2.45, 2.75) is 52.9 Å². The van der Waals surface area contributed by atoms with Gasteiger partial charge in [-0.25, -0.2) is 0 Å². The average Bonchev–Trinajstić information content (AvgIpc) is 2.18. The van der Waals surface area contributed by atoms with Crippen molar-refractivity contribution in [2.24, 2.45) is 17.8 Å². The van der Waals surface area contributed by atoms with Crippen LogP contribution in [0.4, 0.5) is 0 Å². The molecule has 2 atom stereocenters. The third kappa shape index (κ3) is 4.45. The van der Waals surface area contributed by atoms with Gasteiger partial charge in [-0.15, -0.1) is 0 Å². The number of rotatable bonds is 5. The molecule has 0 aromatic rings. The Kier molecular flexibility index (Phi) is 5.54. The quantitative estimate of drug-likeness (QED) is 0.712. The smallest absolute Gasteiger partial charge is 0.00203 e. The highest BCUT2D eigenvalue weighted by Gasteiger charge is 2.20. The molecular weight excluding hydrogens is 170 g/mol. The van der Waals surface area contributed by atoms with Gasteiger partial charge < -0.3 is 5.32 Å². The van der Waals surface area contributed by atoms with Crippen LogP contribution in [0, 0.1) is 17.8 Å². The van der Waals surface area contributed by atoms with Gasteiger partial charge in [0.25, 0.3) is 0 Å². The van der Waals surface area contributed by atoms with Gasteiger partial charge in [-0.3, -0.25) is 0 Å². The van der Waals surface area contributed by atoms with E-state index in [2.05, 4.69) is 26.1 Å². The molecule has 0 aliphatic heterocycles. The lowest BCUT2D eigenvalue weighted by Crippen LogP contribution is -2.29. The van der Waals surface area contributed by atoms with Crippen molar-refractivity contribution in [1.82, 2.24) is 5.32 Å². The molecule has 84 valence electrons. The summed E-state index contributed by atoms with van der Waals surface area (Å²) in [6.07, 6.45) is 7.27. The maximum absolute atomic E-state index is 3.60. The van der Waals surface area contributed by atoms with Gasteiger partial charge in [-0.2, -0.15) is 0 Å². The maximum atomic E-state index is 3.60. The second kappa shape index (κ2) is 6.44. The topological polar surface area (TPSA) is 12.0 Å². The van der Waals surface area contributed by atoms with Crippen molar-refractivity contribution in [1.29, 1.82) is 0 Å². The van der Waals surface area contributed by atoms with E-state index in [1.165, 1.54) is 45.2 Å². The molecule has 1 nitrogen and oxygen atoms in total. The van der Waals surface area contributed by atoms with Crippen LogP contribution in [0.5, 0.6) is 0 Å². The summed E-state index contributed by atoms with van der Waals surface area (Å²) in [5.41, 5.74) is 0. The second-order valence-corrected chi connectivity index (χ2v) is 5.36. The predicted octanol–water partition coefficient (Wildman–Crippen LogP) is 3.45. The summed E-state index contributed by atoms with van der Waals surface area (Å²) in [5.74, 6) is 2.78. The van der Waals surface area contributed by atoms with Crippen molar-refractivity contribution in [3.63, 3.8) is 0 Å². The molecule has 1 heteroatoms. The van der Waals surface area contributed by atoms with E-state index in [-0.39, 0.29) is 0 Å². The second-order valence-electron chi connectivity index (χ2n) is 5.36. The summed E-state index contributed by atoms with van der Waals surface area (Å²) in [6.45, 7) is 9.35. The number of nitrogens with one attached hydrogen (secondary N) is 1. The summed E-state index contributed by atoms with van der Waals surface area (Å²) >= 11 is 0. The highest BCUT2D eigenvalue weighted by Crippen LogP contribution is 2.30. The van der Waals surface area contributed by atoms with Crippen molar-refractivity contribution in [3.8, 4) is 0 Å². The molecule has 1 N–H and O–H groups in total. The first kappa shape index (κ1) is 12.0. The number of hydrogen-bond acceptors (Lipinski definition) is 1. The molecule has 0 unspecified atom stereocenters. The monoisotopic (exact) mass is 197 g/mol. The van der Waals surface area contributed by atoms with E-state index in [9.17, 15) is 0 Å². The molecule has 0 aromatic heterocycles. The van der Waals surface area contributed by atoms with Crippen LogP contribution in [0.25, 0.3) is 0 Å². The molecule has 1 fully saturated rings. The van der Waals surface area contributed by atoms with Crippen LogP contribution in [0.1, 0.15) is 52.9 Å². The van der Waals surface area contributed by atoms with E-state index in [0.717, 1.165) is 17.8 Å². The van der Waals surface area contributed by atoms with Crippen LogP contribution in [-0.4, -0.2) is 13.1 Å². The zero-order valence-corrected chi connectivity index (χ0v) is 10.2. The lowest BCUT2D eigenvalue weighted by molar-refractivity contribution is 0.252. The van der Waals surface area contributed by atoms with E-state index in [1.54, 1.807) is 0 Å². The average molecular weight is 197 g/mol. The van der Waals surface area contributed by atoms with Gasteiger partial charge in [0.05, 0.1) is 0 Å². The van der Waals surface area contributed by atoms with Gasteiger partial charge in [0.2, 0.25) is 0 Å². The third-order valence-corrected chi connectivity index (χ3v) is 3.45. The van der Waals surface area contributed by atoms with Crippen LogP contribution in [0.2, 0.25) is 0 Å². The van der Waals surface area contributed by atoms with Gasteiger partial charge in [-0.1, -0.05) is 40.0 Å². The lowest BCUT2D eigenvalue weighted by atomic mass is 9.80. The largest absolute Gasteiger partial charge is 0.316 e. The van der Waals surface area contributed by atoms with E-state index in [1.807, 2.05) is 0 Å². The molecule has 14 heavy (non-hydrogen) atoms. The highest BCUT2D eigenvalue weighted by molar-refractivity contribution is 4.74. The Hall–Kier alpha value is -0.0400. The molecule has 1 rings (SSSR count). The molecule has 1 aliphatic carbocycles. The zero-order valence-electron chi connectivity index (χ0n) is 10.2. The fourth-order valence-electron chi connectivity index (χ4n) is 2.53. The summed E-state index contributed by atoms with van der Waals surface area (Å²) in [7, 11) is 0. The molecule has 0 amide bonds. The zero-order chi connectivity index (χ0) is 10.4. The van der Waals surface area contributed by atoms with Crippen LogP contribution in [0.3, 0.4) is 0 Å². The summed E-state index contributed by atoms with van der Waals surface area (Å²) in [5, 5.41) is 3.60. The molecular formula is C13H27N. The van der Waals surface area contributed by atoms with Crippen LogP contribution >= 0.6 is 0 Å². The van der Waals surface area contributed by atoms with Gasteiger partial charge in [0.1, 0.15) is 0 Å². The Morgan fingerprint density at radius 2 is 1.93 bits per heavy atom. The number of hydrogen-bond donors (Lipinski definition) is 1. The Morgan fingerprint density at radius 3 is 2.57 bits per heavy atom. The van der Waals surface area contributed by atoms with Crippen LogP contribution in [0.15, 0.2) is 0 Å². The molecule has 0 spiro atoms. The summed E-state index contributed by atoms with van der Waals surface area (Å²) in [4.78, 5) is 0. The SMILES string of the molecule is CC[C@H]1CCC[C@@H](CNCC(C)C)C1. The van der Waals surface area contributed by atoms with Gasteiger partial charge in [0.15, 0.2) is 0 Å². The van der Waals surface area contributed by atoms with E-state index in [4.69, 9.17) is 0 Å². The van der Waals surface area contributed by atoms with Gasteiger partial charge in [-0.05, 0) is 43.7 Å². The maximum Gasteiger partial charge on any atom is -0.00203 e. The van der Waals surface area contributed by atoms with E-state index in [0.29, 0.717) is 0 Å². The summed E-state index contributed by atoms with van der Waals surface area (Å²) < 4.78 is 0. The first-order valence-corrected chi connectivity index (χ1v) is 6.43. The summed E-state index contributed by atoms with van der Waals surface area (Å²) in [6, 6.07) is 0. The molecule has 0 saturated heterocycles. The van der Waals surface area contributed by atoms with Crippen LogP contribution in [-0.2, 0) is 0 Å². The fourth-order valence-corrected chi connectivity index (χ4v) is 2.53. The minimum Gasteiger partial charge on any atom is -0.316 e. The minimum absolute atomic E-state index is 0.792. The normalized spacial score (nSPS) is 28.3. The molecule has 1 saturated carbocycles. The van der Waals surface area contributed by atoms with Crippen molar-refractivity contribution in [3.05, 3.63) is 0 Å². The van der Waals surface area contributed by atoms with Crippen LogP contribution < -0.4 is 5.32 Å². The Morgan fingerprint density at radius 1 is 1.21 bits per heavy atom. The molecule has 1 aliphatic rings. The highest BCUT2D eigenvalue weighted by atomic mass is 14.9. The first-order valence-electron chi connectivity index (χ1n) is 6.43. The fraction of sp³-hybridized carbons (Fsp3) is 1.00. The van der Waals surface area contributed by atoms with Gasteiger partial charge in [0, 0.05) is 0 Å². The molecule has 0 heterocycles. The Balaban J connectivity index is 2.11. The van der Waals surface area contributed by atoms with E-state index >= 15 is 0 Å². The Bertz CT molecular complexity index is 142. The van der Waals surface area contributed by atoms with Gasteiger partial charge >= 0.3 is 0 Å². The minimum atomic E-state index is 0.792. The lowest BCUT2D eigenvalue weighted by Gasteiger charge is -2.28. The van der Waals surface area contributed by atoms with E-state index < -0.39 is 0 Å². The van der Waals surface area contributed by atoms with Crippen molar-refractivity contribution in [2.75, 3.05) is 13.1 Å². The third-order valence-electron chi connectivity index (χ3n) is 3.45. The van der Waals surface area contributed by atoms with Crippen molar-refractivity contribution < 1.29 is 0 Å². The molecule has 0 bridgehead atoms. The molecule has 0 aromatic carbocycles. The Labute approximate surface area is 89.7 Å².